The van der Waals surface area contributed by atoms with E-state index in [1.54, 1.807) is 0 Å². The summed E-state index contributed by atoms with van der Waals surface area (Å²) in [4.78, 5) is 24.1. The van der Waals surface area contributed by atoms with E-state index in [-0.39, 0.29) is 11.8 Å². The molecule has 0 radical (unpaired) electrons. The Balaban J connectivity index is 1.17. The number of nitrogens with one attached hydrogen (secondary N) is 1. The van der Waals surface area contributed by atoms with Crippen molar-refractivity contribution < 1.29 is 14.3 Å². The number of hydrogen-bond donors (Lipinski definition) is 1. The first-order valence-corrected chi connectivity index (χ1v) is 11.0. The lowest BCUT2D eigenvalue weighted by Gasteiger charge is -2.31. The Hall–Kier alpha value is -3.61. The van der Waals surface area contributed by atoms with Crippen LogP contribution in [0, 0.1) is 12.8 Å². The summed E-state index contributed by atoms with van der Waals surface area (Å²) in [5, 5.41) is 3.02. The second-order valence-corrected chi connectivity index (χ2v) is 8.25. The van der Waals surface area contributed by atoms with Gasteiger partial charge in [-0.15, -0.1) is 0 Å². The first-order chi connectivity index (χ1) is 15.7. The number of carbonyl (C=O) groups excluding carboxylic acids is 1. The molecule has 2 aliphatic heterocycles. The summed E-state index contributed by atoms with van der Waals surface area (Å²) in [6, 6.07) is 13.8. The summed E-state index contributed by atoms with van der Waals surface area (Å²) in [5.74, 6) is 2.11. The third-order valence-electron chi connectivity index (χ3n) is 5.95. The number of anilines is 2. The molecule has 0 atom stereocenters. The Morgan fingerprint density at radius 2 is 1.72 bits per heavy atom. The zero-order valence-corrected chi connectivity index (χ0v) is 18.1. The number of fused-ring (bicyclic) bond motifs is 1. The predicted octanol–water partition coefficient (Wildman–Crippen LogP) is 4.08. The largest absolute Gasteiger partial charge is 0.486 e. The molecule has 5 rings (SSSR count). The molecular weight excluding hydrogens is 404 g/mol. The van der Waals surface area contributed by atoms with E-state index in [0.29, 0.717) is 24.9 Å². The quantitative estimate of drug-likeness (QED) is 0.672. The van der Waals surface area contributed by atoms with E-state index < -0.39 is 0 Å². The highest BCUT2D eigenvalue weighted by molar-refractivity contribution is 5.93. The van der Waals surface area contributed by atoms with Crippen molar-refractivity contribution in [3.63, 3.8) is 0 Å². The van der Waals surface area contributed by atoms with Gasteiger partial charge in [0.1, 0.15) is 13.2 Å². The maximum Gasteiger partial charge on any atom is 0.227 e. The van der Waals surface area contributed by atoms with Crippen LogP contribution in [0.5, 0.6) is 11.5 Å². The number of aryl methyl sites for hydroxylation is 1. The Labute approximate surface area is 187 Å². The van der Waals surface area contributed by atoms with Gasteiger partial charge in [0.2, 0.25) is 11.9 Å². The van der Waals surface area contributed by atoms with Gasteiger partial charge in [-0.05, 0) is 37.5 Å². The molecule has 1 aromatic heterocycles. The minimum Gasteiger partial charge on any atom is -0.486 e. The molecule has 3 heterocycles. The SMILES string of the molecule is Cc1cccc(-c2cnc(N3CCC(C(=O)Nc4ccc5c(c4)OCCO5)CC3)nc2)c1. The molecule has 1 N–H and O–H groups in total. The van der Waals surface area contributed by atoms with Crippen LogP contribution in [0.3, 0.4) is 0 Å². The smallest absolute Gasteiger partial charge is 0.227 e. The molecule has 2 aromatic carbocycles. The van der Waals surface area contributed by atoms with E-state index >= 15 is 0 Å². The summed E-state index contributed by atoms with van der Waals surface area (Å²) in [5.41, 5.74) is 4.07. The second-order valence-electron chi connectivity index (χ2n) is 8.25. The van der Waals surface area contributed by atoms with Crippen molar-refractivity contribution in [1.29, 1.82) is 0 Å². The molecule has 0 spiro atoms. The van der Waals surface area contributed by atoms with Gasteiger partial charge in [-0.3, -0.25) is 4.79 Å². The molecule has 0 aliphatic carbocycles. The van der Waals surface area contributed by atoms with E-state index in [9.17, 15) is 4.79 Å². The molecule has 1 saturated heterocycles. The highest BCUT2D eigenvalue weighted by Crippen LogP contribution is 2.33. The van der Waals surface area contributed by atoms with Crippen LogP contribution in [-0.4, -0.2) is 42.2 Å². The number of rotatable bonds is 4. The van der Waals surface area contributed by atoms with Crippen LogP contribution in [0.1, 0.15) is 18.4 Å². The van der Waals surface area contributed by atoms with Gasteiger partial charge in [0.05, 0.1) is 0 Å². The molecule has 1 amide bonds. The number of amides is 1. The van der Waals surface area contributed by atoms with Crippen LogP contribution in [0.25, 0.3) is 11.1 Å². The number of aromatic nitrogens is 2. The van der Waals surface area contributed by atoms with Crippen molar-refractivity contribution in [2.24, 2.45) is 5.92 Å². The molecule has 7 nitrogen and oxygen atoms in total. The van der Waals surface area contributed by atoms with Crippen LogP contribution >= 0.6 is 0 Å². The van der Waals surface area contributed by atoms with Crippen molar-refractivity contribution in [3.8, 4) is 22.6 Å². The van der Waals surface area contributed by atoms with Crippen LogP contribution in [-0.2, 0) is 4.79 Å². The summed E-state index contributed by atoms with van der Waals surface area (Å²) < 4.78 is 11.1. The zero-order valence-electron chi connectivity index (χ0n) is 18.1. The van der Waals surface area contributed by atoms with E-state index in [1.165, 1.54) is 5.56 Å². The third-order valence-corrected chi connectivity index (χ3v) is 5.95. The standard InChI is InChI=1S/C25H26N4O3/c1-17-3-2-4-19(13-17)20-15-26-25(27-16-20)29-9-7-18(8-10-29)24(30)28-21-5-6-22-23(14-21)32-12-11-31-22/h2-6,13-16,18H,7-12H2,1H3,(H,28,30). The Morgan fingerprint density at radius 1 is 0.969 bits per heavy atom. The van der Waals surface area contributed by atoms with Crippen molar-refractivity contribution >= 4 is 17.5 Å². The van der Waals surface area contributed by atoms with Crippen molar-refractivity contribution in [2.45, 2.75) is 19.8 Å². The predicted molar refractivity (Wildman–Crippen MR) is 123 cm³/mol. The minimum atomic E-state index is -0.0361. The fraction of sp³-hybridized carbons (Fsp3) is 0.320. The first kappa shape index (κ1) is 20.3. The third kappa shape index (κ3) is 4.37. The van der Waals surface area contributed by atoms with Gasteiger partial charge in [-0.25, -0.2) is 9.97 Å². The normalized spacial score (nSPS) is 16.0. The van der Waals surface area contributed by atoms with E-state index in [4.69, 9.17) is 9.47 Å². The highest BCUT2D eigenvalue weighted by Gasteiger charge is 2.26. The molecule has 164 valence electrons. The molecule has 0 bridgehead atoms. The van der Waals surface area contributed by atoms with E-state index in [1.807, 2.05) is 36.7 Å². The molecule has 1 fully saturated rings. The molecule has 2 aliphatic rings. The van der Waals surface area contributed by atoms with Gasteiger partial charge in [0.25, 0.3) is 0 Å². The minimum absolute atomic E-state index is 0.0361. The monoisotopic (exact) mass is 430 g/mol. The van der Waals surface area contributed by atoms with Crippen LogP contribution in [0.4, 0.5) is 11.6 Å². The fourth-order valence-electron chi connectivity index (χ4n) is 4.17. The number of piperidine rings is 1. The topological polar surface area (TPSA) is 76.6 Å². The maximum absolute atomic E-state index is 12.8. The van der Waals surface area contributed by atoms with Gasteiger partial charge < -0.3 is 19.7 Å². The average Bonchev–Trinajstić information content (AvgIpc) is 2.84. The van der Waals surface area contributed by atoms with Gasteiger partial charge in [0.15, 0.2) is 11.5 Å². The van der Waals surface area contributed by atoms with Crippen molar-refractivity contribution in [1.82, 2.24) is 9.97 Å². The number of hydrogen-bond acceptors (Lipinski definition) is 6. The second kappa shape index (κ2) is 8.86. The van der Waals surface area contributed by atoms with E-state index in [2.05, 4.69) is 45.3 Å². The van der Waals surface area contributed by atoms with Gasteiger partial charge in [-0.2, -0.15) is 0 Å². The number of nitrogens with zero attached hydrogens (tertiary/aromatic N) is 3. The summed E-state index contributed by atoms with van der Waals surface area (Å²) in [6.07, 6.45) is 5.27. The number of ether oxygens (including phenoxy) is 2. The van der Waals surface area contributed by atoms with Crippen LogP contribution < -0.4 is 19.7 Å². The Morgan fingerprint density at radius 3 is 2.47 bits per heavy atom. The maximum atomic E-state index is 12.8. The van der Waals surface area contributed by atoms with Gasteiger partial charge >= 0.3 is 0 Å². The first-order valence-electron chi connectivity index (χ1n) is 11.0. The average molecular weight is 431 g/mol. The van der Waals surface area contributed by atoms with Crippen LogP contribution in [0.2, 0.25) is 0 Å². The molecule has 32 heavy (non-hydrogen) atoms. The molecular formula is C25H26N4O3. The highest BCUT2D eigenvalue weighted by atomic mass is 16.6. The molecule has 7 heteroatoms. The number of benzene rings is 2. The van der Waals surface area contributed by atoms with Crippen molar-refractivity contribution in [2.75, 3.05) is 36.5 Å². The fourth-order valence-corrected chi connectivity index (χ4v) is 4.17. The van der Waals surface area contributed by atoms with Gasteiger partial charge in [0, 0.05) is 48.7 Å². The lowest BCUT2D eigenvalue weighted by molar-refractivity contribution is -0.120. The Kier molecular flexibility index (Phi) is 5.62. The lowest BCUT2D eigenvalue weighted by atomic mass is 9.96. The molecule has 0 saturated carbocycles. The van der Waals surface area contributed by atoms with E-state index in [0.717, 1.165) is 48.5 Å². The Bertz CT molecular complexity index is 1110. The zero-order chi connectivity index (χ0) is 21.9. The lowest BCUT2D eigenvalue weighted by Crippen LogP contribution is -2.39. The number of carbonyl (C=O) groups is 1. The summed E-state index contributed by atoms with van der Waals surface area (Å²) >= 11 is 0. The summed E-state index contributed by atoms with van der Waals surface area (Å²) in [7, 11) is 0. The molecule has 3 aromatic rings. The van der Waals surface area contributed by atoms with Crippen molar-refractivity contribution in [3.05, 3.63) is 60.4 Å². The van der Waals surface area contributed by atoms with Crippen LogP contribution in [0.15, 0.2) is 54.9 Å². The van der Waals surface area contributed by atoms with Gasteiger partial charge in [-0.1, -0.05) is 29.8 Å². The summed E-state index contributed by atoms with van der Waals surface area (Å²) in [6.45, 7) is 4.66. The molecule has 0 unspecified atom stereocenters.